The average molecular weight is 890 g/mol. The van der Waals surface area contributed by atoms with Gasteiger partial charge in [-0.1, -0.05) is 69.9 Å². The third-order valence-electron chi connectivity index (χ3n) is 12.2. The summed E-state index contributed by atoms with van der Waals surface area (Å²) in [4.78, 5) is 76.1. The van der Waals surface area contributed by atoms with Gasteiger partial charge < -0.3 is 43.6 Å². The number of carbonyl (C=O) groups is 6. The van der Waals surface area contributed by atoms with Crippen LogP contribution in [0.5, 0.6) is 0 Å². The number of hydroxylamine groups is 1. The fraction of sp³-hybridized carbons (Fsp3) is 0.583. The molecule has 64 heavy (non-hydrogen) atoms. The Morgan fingerprint density at radius 1 is 0.625 bits per heavy atom. The minimum Gasteiger partial charge on any atom is -0.470 e. The summed E-state index contributed by atoms with van der Waals surface area (Å²) in [6.07, 6.45) is 24.4. The summed E-state index contributed by atoms with van der Waals surface area (Å²) in [6.45, 7) is 5.45. The SMILES string of the molecule is COC(=O)C#CC(=O)NC1CCCCC1.COC(=O)C1=C(C(=O)NC2CCCCC2)C2C=CC1(C)O2.COC(=O)C1=C(C(=O)ONC2CCCCC2)C2(C)C=CC1O2.Cc1ccco1. The molecular weight excluding hydrogens is 827 g/mol. The van der Waals surface area contributed by atoms with Gasteiger partial charge in [0.2, 0.25) is 0 Å². The highest BCUT2D eigenvalue weighted by Crippen LogP contribution is 2.44. The number of hydrogen-bond acceptors (Lipinski definition) is 14. The van der Waals surface area contributed by atoms with E-state index in [0.717, 1.165) is 82.8 Å². The molecule has 1 aromatic rings. The molecule has 2 amide bonds. The van der Waals surface area contributed by atoms with Gasteiger partial charge in [-0.3, -0.25) is 9.59 Å². The Morgan fingerprint density at radius 3 is 1.59 bits per heavy atom. The molecule has 0 radical (unpaired) electrons. The second kappa shape index (κ2) is 23.4. The van der Waals surface area contributed by atoms with Crippen molar-refractivity contribution in [1.29, 1.82) is 0 Å². The quantitative estimate of drug-likeness (QED) is 0.0747. The second-order valence-corrected chi connectivity index (χ2v) is 17.0. The lowest BCUT2D eigenvalue weighted by Gasteiger charge is -2.24. The fourth-order valence-corrected chi connectivity index (χ4v) is 8.85. The summed E-state index contributed by atoms with van der Waals surface area (Å²) in [7, 11) is 3.84. The van der Waals surface area contributed by atoms with E-state index >= 15 is 0 Å². The minimum atomic E-state index is -0.917. The van der Waals surface area contributed by atoms with E-state index in [0.29, 0.717) is 11.1 Å². The smallest absolute Gasteiger partial charge is 0.384 e. The molecule has 5 heterocycles. The fourth-order valence-electron chi connectivity index (χ4n) is 8.85. The number of carbonyl (C=O) groups excluding carboxylic acids is 6. The lowest BCUT2D eigenvalue weighted by molar-refractivity contribution is -0.150. The van der Waals surface area contributed by atoms with Crippen LogP contribution in [0.15, 0.2) is 69.4 Å². The monoisotopic (exact) mass is 889 g/mol. The highest BCUT2D eigenvalue weighted by atomic mass is 16.7. The number of amides is 2. The van der Waals surface area contributed by atoms with Crippen molar-refractivity contribution in [3.05, 3.63) is 70.8 Å². The first-order chi connectivity index (χ1) is 30.7. The van der Waals surface area contributed by atoms with Crippen LogP contribution in [0.1, 0.15) is 116 Å². The van der Waals surface area contributed by atoms with Gasteiger partial charge in [0.15, 0.2) is 0 Å². The number of esters is 3. The summed E-state index contributed by atoms with van der Waals surface area (Å²) in [5.74, 6) is 2.39. The maximum atomic E-state index is 12.6. The summed E-state index contributed by atoms with van der Waals surface area (Å²) in [6, 6.07) is 4.39. The molecule has 0 spiro atoms. The highest BCUT2D eigenvalue weighted by molar-refractivity contribution is 6.07. The maximum absolute atomic E-state index is 12.6. The minimum absolute atomic E-state index is 0.183. The van der Waals surface area contributed by atoms with Crippen LogP contribution in [0.4, 0.5) is 0 Å². The van der Waals surface area contributed by atoms with E-state index in [1.807, 2.05) is 31.2 Å². The number of fused-ring (bicyclic) bond motifs is 4. The molecule has 16 nitrogen and oxygen atoms in total. The molecule has 4 unspecified atom stereocenters. The molecule has 16 heteroatoms. The Balaban J connectivity index is 0.000000172. The zero-order chi connectivity index (χ0) is 46.3. The van der Waals surface area contributed by atoms with Crippen molar-refractivity contribution in [2.45, 2.75) is 159 Å². The first-order valence-electron chi connectivity index (χ1n) is 22.3. The number of aryl methyl sites for hydroxylation is 1. The molecule has 3 saturated carbocycles. The Kier molecular flexibility index (Phi) is 18.1. The van der Waals surface area contributed by atoms with E-state index < -0.39 is 53.2 Å². The van der Waals surface area contributed by atoms with Gasteiger partial charge in [-0.15, -0.1) is 5.48 Å². The third kappa shape index (κ3) is 13.0. The summed E-state index contributed by atoms with van der Waals surface area (Å²) >= 11 is 0. The molecule has 7 aliphatic rings. The van der Waals surface area contributed by atoms with Gasteiger partial charge in [0.25, 0.3) is 11.8 Å². The van der Waals surface area contributed by atoms with Crippen LogP contribution in [0, 0.1) is 18.8 Å². The van der Waals surface area contributed by atoms with Crippen molar-refractivity contribution in [3.63, 3.8) is 0 Å². The molecule has 348 valence electrons. The lowest BCUT2D eigenvalue weighted by Crippen LogP contribution is -2.39. The second-order valence-electron chi connectivity index (χ2n) is 17.0. The van der Waals surface area contributed by atoms with Crippen molar-refractivity contribution >= 4 is 35.7 Å². The number of rotatable bonds is 8. The van der Waals surface area contributed by atoms with Gasteiger partial charge in [0, 0.05) is 30.0 Å². The molecule has 3 N–H and O–H groups in total. The van der Waals surface area contributed by atoms with Gasteiger partial charge in [0.1, 0.15) is 29.2 Å². The van der Waals surface area contributed by atoms with Crippen LogP contribution >= 0.6 is 0 Å². The van der Waals surface area contributed by atoms with E-state index in [4.69, 9.17) is 28.2 Å². The van der Waals surface area contributed by atoms with Crippen LogP contribution in [-0.4, -0.2) is 98.6 Å². The van der Waals surface area contributed by atoms with E-state index in [9.17, 15) is 28.8 Å². The molecule has 3 fully saturated rings. The van der Waals surface area contributed by atoms with Crippen molar-refractivity contribution in [3.8, 4) is 11.8 Å². The van der Waals surface area contributed by atoms with Gasteiger partial charge in [-0.05, 0) is 83.6 Å². The van der Waals surface area contributed by atoms with Crippen molar-refractivity contribution in [1.82, 2.24) is 16.1 Å². The van der Waals surface area contributed by atoms with Crippen LogP contribution in [0.25, 0.3) is 0 Å². The number of ether oxygens (including phenoxy) is 5. The van der Waals surface area contributed by atoms with Gasteiger partial charge in [-0.25, -0.2) is 19.2 Å². The third-order valence-corrected chi connectivity index (χ3v) is 12.2. The number of nitrogens with one attached hydrogen (secondary N) is 3. The maximum Gasteiger partial charge on any atom is 0.384 e. The van der Waals surface area contributed by atoms with Gasteiger partial charge in [-0.2, -0.15) is 0 Å². The first-order valence-corrected chi connectivity index (χ1v) is 22.3. The topological polar surface area (TPSA) is 207 Å². The zero-order valence-electron chi connectivity index (χ0n) is 37.8. The van der Waals surface area contributed by atoms with Crippen LogP contribution in [0.3, 0.4) is 0 Å². The standard InChI is InChI=1S/C16H21NO5.C16H21NO4.C11H15NO3.C5H6O/c1-16-9-8-11(21-16)12(14(18)20-2)13(16)15(19)22-17-10-6-4-3-5-7-10;1-16-9-8-11(21-16)12(13(16)15(19)20-2)14(18)17-10-6-4-3-5-7-10;1-15-11(14)8-7-10(13)12-9-5-3-2-4-6-9;1-5-3-2-4-6-5/h8-11,17H,3-7H2,1-2H3;8-11H,3-7H2,1-2H3,(H,17,18);9H,2-6H2,1H3,(H,12,13);2-4H,1H3. The van der Waals surface area contributed by atoms with E-state index in [1.165, 1.54) is 40.6 Å². The molecule has 8 rings (SSSR count). The zero-order valence-corrected chi connectivity index (χ0v) is 37.8. The van der Waals surface area contributed by atoms with Crippen LogP contribution in [-0.2, 0) is 57.3 Å². The highest BCUT2D eigenvalue weighted by Gasteiger charge is 2.53. The predicted octanol–water partition coefficient (Wildman–Crippen LogP) is 5.40. The normalized spacial score (nSPS) is 25.5. The number of hydrogen-bond donors (Lipinski definition) is 3. The molecule has 3 aliphatic carbocycles. The molecule has 4 aliphatic heterocycles. The van der Waals surface area contributed by atoms with Crippen molar-refractivity contribution < 1.29 is 61.7 Å². The molecular formula is C48H63N3O13. The van der Waals surface area contributed by atoms with Crippen LogP contribution in [0.2, 0.25) is 0 Å². The average Bonchev–Trinajstić information content (AvgIpc) is 4.15. The molecule has 0 aromatic carbocycles. The molecule has 4 bridgehead atoms. The van der Waals surface area contributed by atoms with E-state index in [2.05, 4.69) is 32.7 Å². The summed E-state index contributed by atoms with van der Waals surface area (Å²) in [5, 5.41) is 5.83. The largest absolute Gasteiger partial charge is 0.470 e. The molecule has 0 saturated heterocycles. The van der Waals surface area contributed by atoms with Crippen molar-refractivity contribution in [2.24, 2.45) is 0 Å². The molecule has 4 atom stereocenters. The summed E-state index contributed by atoms with van der Waals surface area (Å²) in [5.41, 5.74) is 2.31. The van der Waals surface area contributed by atoms with Crippen LogP contribution < -0.4 is 16.1 Å². The Hall–Kier alpha value is -5.50. The van der Waals surface area contributed by atoms with Crippen molar-refractivity contribution in [2.75, 3.05) is 21.3 Å². The van der Waals surface area contributed by atoms with E-state index in [-0.39, 0.29) is 35.2 Å². The van der Waals surface area contributed by atoms with E-state index in [1.54, 1.807) is 32.3 Å². The predicted molar refractivity (Wildman–Crippen MR) is 232 cm³/mol. The van der Waals surface area contributed by atoms with Gasteiger partial charge in [0.05, 0.1) is 49.9 Å². The Morgan fingerprint density at radius 2 is 1.12 bits per heavy atom. The lowest BCUT2D eigenvalue weighted by atomic mass is 9.87. The first kappa shape index (κ1) is 49.5. The van der Waals surface area contributed by atoms with Gasteiger partial charge >= 0.3 is 23.9 Å². The number of methoxy groups -OCH3 is 3. The molecule has 1 aromatic heterocycles. The Labute approximate surface area is 375 Å². The Bertz CT molecular complexity index is 2020. The summed E-state index contributed by atoms with van der Waals surface area (Å²) < 4.78 is 30.2. The number of furan rings is 1.